The Kier molecular flexibility index (Phi) is 4.02. The summed E-state index contributed by atoms with van der Waals surface area (Å²) in [5.74, 6) is 0. The Morgan fingerprint density at radius 1 is 0.760 bits per heavy atom. The largest absolute Gasteiger partial charge is 0.363 e. The van der Waals surface area contributed by atoms with Gasteiger partial charge in [-0.15, -0.1) is 0 Å². The van der Waals surface area contributed by atoms with Crippen LogP contribution in [0.3, 0.4) is 0 Å². The number of rotatable bonds is 3. The number of hydrogen-bond acceptors (Lipinski definition) is 2. The summed E-state index contributed by atoms with van der Waals surface area (Å²) in [7, 11) is 0. The van der Waals surface area contributed by atoms with Gasteiger partial charge in [-0.1, -0.05) is 72.8 Å². The van der Waals surface area contributed by atoms with Crippen LogP contribution in [0.15, 0.2) is 85.1 Å². The lowest BCUT2D eigenvalue weighted by Gasteiger charge is -2.24. The molecule has 3 aromatic rings. The summed E-state index contributed by atoms with van der Waals surface area (Å²) in [6, 6.07) is 27.7. The maximum absolute atomic E-state index is 3.59. The number of nitrogens with zero attached hydrogens (tertiary/aromatic N) is 1. The first kappa shape index (κ1) is 15.5. The van der Waals surface area contributed by atoms with E-state index < -0.39 is 0 Å². The minimum absolute atomic E-state index is 0.222. The van der Waals surface area contributed by atoms with E-state index >= 15 is 0 Å². The third-order valence-corrected chi connectivity index (χ3v) is 4.73. The molecule has 4 rings (SSSR count). The molecule has 1 heterocycles. The minimum atomic E-state index is 0.222. The summed E-state index contributed by atoms with van der Waals surface area (Å²) in [5, 5.41) is 3.59. The molecular weight excluding hydrogens is 304 g/mol. The van der Waals surface area contributed by atoms with E-state index in [0.29, 0.717) is 0 Å². The average Bonchev–Trinajstić information content (AvgIpc) is 3.05. The molecule has 0 amide bonds. The van der Waals surface area contributed by atoms with Crippen LogP contribution in [0.5, 0.6) is 0 Å². The van der Waals surface area contributed by atoms with Crippen molar-refractivity contribution in [2.45, 2.75) is 20.0 Å². The molecule has 0 radical (unpaired) electrons. The Balaban J connectivity index is 1.73. The lowest BCUT2D eigenvalue weighted by Crippen LogP contribution is -2.33. The fourth-order valence-corrected chi connectivity index (χ4v) is 3.33. The molecule has 0 aliphatic carbocycles. The molecule has 0 fully saturated rings. The molecule has 0 saturated heterocycles. The van der Waals surface area contributed by atoms with Gasteiger partial charge in [0.2, 0.25) is 0 Å². The molecule has 124 valence electrons. The molecule has 25 heavy (non-hydrogen) atoms. The normalized spacial score (nSPS) is 16.5. The number of aryl methyl sites for hydroxylation is 1. The first-order valence-corrected chi connectivity index (χ1v) is 8.70. The Labute approximate surface area is 149 Å². The van der Waals surface area contributed by atoms with Crippen molar-refractivity contribution in [1.82, 2.24) is 5.32 Å². The summed E-state index contributed by atoms with van der Waals surface area (Å²) in [6.07, 6.45) is 2.44. The van der Waals surface area contributed by atoms with Crippen molar-refractivity contribution in [3.05, 3.63) is 96.2 Å². The molecule has 0 saturated carbocycles. The highest BCUT2D eigenvalue weighted by Crippen LogP contribution is 2.32. The molecule has 1 aliphatic rings. The first-order chi connectivity index (χ1) is 12.2. The standard InChI is InChI=1S/C23H22N2/c1-17-13-14-21(19-9-5-3-6-10-19)15-23(17)25-16-22(24-18(25)2)20-11-7-4-8-12-20/h3-16,18,24H,1-2H3/t18-/m0/s1. The zero-order valence-electron chi connectivity index (χ0n) is 14.6. The van der Waals surface area contributed by atoms with Crippen molar-refractivity contribution >= 4 is 11.4 Å². The van der Waals surface area contributed by atoms with E-state index in [4.69, 9.17) is 0 Å². The predicted octanol–water partition coefficient (Wildman–Crippen LogP) is 5.42. The molecular formula is C23H22N2. The van der Waals surface area contributed by atoms with Crippen molar-refractivity contribution in [3.63, 3.8) is 0 Å². The van der Waals surface area contributed by atoms with E-state index in [2.05, 4.69) is 103 Å². The molecule has 0 aromatic heterocycles. The Bertz CT molecular complexity index is 898. The molecule has 3 aromatic carbocycles. The Morgan fingerprint density at radius 3 is 2.08 bits per heavy atom. The fourth-order valence-electron chi connectivity index (χ4n) is 3.33. The van der Waals surface area contributed by atoms with E-state index in [-0.39, 0.29) is 6.17 Å². The van der Waals surface area contributed by atoms with Gasteiger partial charge in [-0.25, -0.2) is 0 Å². The second-order valence-corrected chi connectivity index (χ2v) is 6.50. The van der Waals surface area contributed by atoms with Crippen LogP contribution in [0.25, 0.3) is 16.8 Å². The van der Waals surface area contributed by atoms with Gasteiger partial charge in [0.25, 0.3) is 0 Å². The van der Waals surface area contributed by atoms with Crippen molar-refractivity contribution in [2.75, 3.05) is 4.90 Å². The average molecular weight is 326 g/mol. The molecule has 0 spiro atoms. The van der Waals surface area contributed by atoms with Crippen LogP contribution in [-0.4, -0.2) is 6.17 Å². The van der Waals surface area contributed by atoms with E-state index in [9.17, 15) is 0 Å². The quantitative estimate of drug-likeness (QED) is 0.691. The molecule has 1 N–H and O–H groups in total. The second-order valence-electron chi connectivity index (χ2n) is 6.50. The van der Waals surface area contributed by atoms with Crippen molar-refractivity contribution in [2.24, 2.45) is 0 Å². The van der Waals surface area contributed by atoms with Gasteiger partial charge >= 0.3 is 0 Å². The summed E-state index contributed by atoms with van der Waals surface area (Å²) in [5.41, 5.74) is 7.39. The van der Waals surface area contributed by atoms with Crippen molar-refractivity contribution in [3.8, 4) is 11.1 Å². The van der Waals surface area contributed by atoms with Gasteiger partial charge in [-0.05, 0) is 42.2 Å². The molecule has 1 aliphatic heterocycles. The van der Waals surface area contributed by atoms with Crippen LogP contribution >= 0.6 is 0 Å². The highest BCUT2D eigenvalue weighted by molar-refractivity contribution is 5.76. The van der Waals surface area contributed by atoms with Gasteiger partial charge in [-0.3, -0.25) is 0 Å². The topological polar surface area (TPSA) is 15.3 Å². The lowest BCUT2D eigenvalue weighted by molar-refractivity contribution is 0.690. The highest BCUT2D eigenvalue weighted by Gasteiger charge is 2.23. The van der Waals surface area contributed by atoms with E-state index in [1.807, 2.05) is 6.07 Å². The second kappa shape index (κ2) is 6.48. The predicted molar refractivity (Wildman–Crippen MR) is 106 cm³/mol. The van der Waals surface area contributed by atoms with Crippen LogP contribution in [0.2, 0.25) is 0 Å². The number of benzene rings is 3. The Hall–Kier alpha value is -3.00. The maximum Gasteiger partial charge on any atom is 0.100 e. The van der Waals surface area contributed by atoms with Gasteiger partial charge in [-0.2, -0.15) is 0 Å². The third-order valence-electron chi connectivity index (χ3n) is 4.73. The molecule has 0 unspecified atom stereocenters. The van der Waals surface area contributed by atoms with Gasteiger partial charge in [0.05, 0.1) is 5.70 Å². The summed E-state index contributed by atoms with van der Waals surface area (Å²) < 4.78 is 0. The van der Waals surface area contributed by atoms with Gasteiger partial charge in [0.15, 0.2) is 0 Å². The van der Waals surface area contributed by atoms with Gasteiger partial charge in [0.1, 0.15) is 6.17 Å². The smallest absolute Gasteiger partial charge is 0.100 e. The zero-order chi connectivity index (χ0) is 17.2. The van der Waals surface area contributed by atoms with Crippen molar-refractivity contribution in [1.29, 1.82) is 0 Å². The van der Waals surface area contributed by atoms with E-state index in [1.54, 1.807) is 0 Å². The van der Waals surface area contributed by atoms with Crippen LogP contribution < -0.4 is 10.2 Å². The number of anilines is 1. The monoisotopic (exact) mass is 326 g/mol. The summed E-state index contributed by atoms with van der Waals surface area (Å²) in [4.78, 5) is 2.32. The van der Waals surface area contributed by atoms with Crippen LogP contribution in [0.4, 0.5) is 5.69 Å². The van der Waals surface area contributed by atoms with Crippen molar-refractivity contribution < 1.29 is 0 Å². The molecule has 1 atom stereocenters. The van der Waals surface area contributed by atoms with Crippen LogP contribution in [0, 0.1) is 6.92 Å². The van der Waals surface area contributed by atoms with Gasteiger partial charge in [0, 0.05) is 11.9 Å². The SMILES string of the molecule is Cc1ccc(-c2ccccc2)cc1N1C=C(c2ccccc2)N[C@@H]1C. The van der Waals surface area contributed by atoms with Crippen LogP contribution in [-0.2, 0) is 0 Å². The van der Waals surface area contributed by atoms with E-state index in [1.165, 1.54) is 27.9 Å². The van der Waals surface area contributed by atoms with E-state index in [0.717, 1.165) is 5.70 Å². The summed E-state index contributed by atoms with van der Waals surface area (Å²) >= 11 is 0. The molecule has 0 bridgehead atoms. The summed E-state index contributed by atoms with van der Waals surface area (Å²) in [6.45, 7) is 4.37. The lowest BCUT2D eigenvalue weighted by atomic mass is 10.0. The number of hydrogen-bond donors (Lipinski definition) is 1. The Morgan fingerprint density at radius 2 is 1.40 bits per heavy atom. The number of nitrogens with one attached hydrogen (secondary N) is 1. The van der Waals surface area contributed by atoms with Gasteiger partial charge < -0.3 is 10.2 Å². The zero-order valence-corrected chi connectivity index (χ0v) is 14.6. The minimum Gasteiger partial charge on any atom is -0.363 e. The molecule has 2 heteroatoms. The fraction of sp³-hybridized carbons (Fsp3) is 0.130. The van der Waals surface area contributed by atoms with Crippen LogP contribution in [0.1, 0.15) is 18.1 Å². The first-order valence-electron chi connectivity index (χ1n) is 8.70. The maximum atomic E-state index is 3.59. The highest BCUT2D eigenvalue weighted by atomic mass is 15.3. The third kappa shape index (κ3) is 3.03. The molecule has 2 nitrogen and oxygen atoms in total.